The van der Waals surface area contributed by atoms with Crippen LogP contribution >= 0.6 is 0 Å². The summed E-state index contributed by atoms with van der Waals surface area (Å²) in [5, 5.41) is 3.14. The van der Waals surface area contributed by atoms with Crippen LogP contribution in [0, 0.1) is 0 Å². The van der Waals surface area contributed by atoms with Crippen molar-refractivity contribution in [3.8, 4) is 0 Å². The number of hydrogen-bond donors (Lipinski definition) is 1. The van der Waals surface area contributed by atoms with Crippen LogP contribution in [0.15, 0.2) is 24.3 Å². The van der Waals surface area contributed by atoms with Crippen LogP contribution in [0.3, 0.4) is 0 Å². The third-order valence-electron chi connectivity index (χ3n) is 4.11. The maximum Gasteiger partial charge on any atom is 0.409 e. The highest BCUT2D eigenvalue weighted by Crippen LogP contribution is 2.12. The molecule has 8 nitrogen and oxygen atoms in total. The smallest absolute Gasteiger partial charge is 0.409 e. The van der Waals surface area contributed by atoms with Crippen molar-refractivity contribution in [3.63, 3.8) is 0 Å². The number of carbonyl (C=O) groups is 3. The summed E-state index contributed by atoms with van der Waals surface area (Å²) >= 11 is 0. The van der Waals surface area contributed by atoms with Crippen LogP contribution in [-0.4, -0.2) is 74.2 Å². The van der Waals surface area contributed by atoms with Crippen molar-refractivity contribution >= 4 is 23.7 Å². The number of rotatable bonds is 6. The molecule has 2 amide bonds. The lowest BCUT2D eigenvalue weighted by Gasteiger charge is -2.34. The Morgan fingerprint density at radius 1 is 1.12 bits per heavy atom. The molecule has 0 bridgehead atoms. The summed E-state index contributed by atoms with van der Waals surface area (Å²) in [5.41, 5.74) is 1.21. The van der Waals surface area contributed by atoms with Crippen molar-refractivity contribution in [1.29, 1.82) is 0 Å². The van der Waals surface area contributed by atoms with Crippen LogP contribution < -0.4 is 5.32 Å². The van der Waals surface area contributed by atoms with E-state index in [0.717, 1.165) is 5.69 Å². The average Bonchev–Trinajstić information content (AvgIpc) is 2.67. The summed E-state index contributed by atoms with van der Waals surface area (Å²) in [6, 6.07) is 6.94. The van der Waals surface area contributed by atoms with Crippen LogP contribution in [-0.2, 0) is 14.3 Å². The van der Waals surface area contributed by atoms with Gasteiger partial charge in [0.25, 0.3) is 0 Å². The molecule has 1 N–H and O–H groups in total. The Kier molecular flexibility index (Phi) is 7.25. The maximum absolute atomic E-state index is 12.3. The summed E-state index contributed by atoms with van der Waals surface area (Å²) in [5.74, 6) is -0.366. The number of amides is 2. The monoisotopic (exact) mass is 363 g/mol. The average molecular weight is 363 g/mol. The summed E-state index contributed by atoms with van der Waals surface area (Å²) < 4.78 is 9.66. The Morgan fingerprint density at radius 3 is 2.46 bits per heavy atom. The Morgan fingerprint density at radius 2 is 1.81 bits per heavy atom. The number of anilines is 1. The zero-order chi connectivity index (χ0) is 18.9. The molecular weight excluding hydrogens is 338 g/mol. The van der Waals surface area contributed by atoms with Crippen molar-refractivity contribution in [3.05, 3.63) is 29.8 Å². The van der Waals surface area contributed by atoms with Gasteiger partial charge in [-0.05, 0) is 25.1 Å². The van der Waals surface area contributed by atoms with Crippen LogP contribution in [0.4, 0.5) is 10.5 Å². The molecule has 0 spiro atoms. The summed E-state index contributed by atoms with van der Waals surface area (Å²) in [6.07, 6.45) is 0.00810. The molecule has 142 valence electrons. The molecule has 0 aliphatic carbocycles. The van der Waals surface area contributed by atoms with Gasteiger partial charge in [-0.25, -0.2) is 9.59 Å². The first-order valence-corrected chi connectivity index (χ1v) is 8.67. The predicted molar refractivity (Wildman–Crippen MR) is 96.1 cm³/mol. The number of ether oxygens (including phenoxy) is 2. The van der Waals surface area contributed by atoms with Crippen molar-refractivity contribution in [1.82, 2.24) is 9.80 Å². The van der Waals surface area contributed by atoms with Crippen molar-refractivity contribution < 1.29 is 23.9 Å². The molecule has 0 unspecified atom stereocenters. The second-order valence-corrected chi connectivity index (χ2v) is 5.82. The van der Waals surface area contributed by atoms with E-state index in [4.69, 9.17) is 4.74 Å². The largest absolute Gasteiger partial charge is 0.465 e. The van der Waals surface area contributed by atoms with Crippen molar-refractivity contribution in [2.75, 3.05) is 51.8 Å². The molecule has 1 aliphatic rings. The van der Waals surface area contributed by atoms with Gasteiger partial charge in [0, 0.05) is 44.8 Å². The van der Waals surface area contributed by atoms with E-state index in [1.165, 1.54) is 7.11 Å². The van der Waals surface area contributed by atoms with Gasteiger partial charge in [0.2, 0.25) is 5.91 Å². The summed E-state index contributed by atoms with van der Waals surface area (Å²) in [6.45, 7) is 4.57. The summed E-state index contributed by atoms with van der Waals surface area (Å²) in [4.78, 5) is 38.8. The number of piperazine rings is 1. The molecule has 0 atom stereocenters. The van der Waals surface area contributed by atoms with E-state index >= 15 is 0 Å². The molecule has 0 radical (unpaired) electrons. The van der Waals surface area contributed by atoms with E-state index in [9.17, 15) is 14.4 Å². The van der Waals surface area contributed by atoms with Crippen molar-refractivity contribution in [2.24, 2.45) is 0 Å². The second-order valence-electron chi connectivity index (χ2n) is 5.82. The molecule has 1 saturated heterocycles. The van der Waals surface area contributed by atoms with Crippen LogP contribution in [0.2, 0.25) is 0 Å². The number of carbonyl (C=O) groups excluding carboxylic acids is 3. The van der Waals surface area contributed by atoms with Crippen LogP contribution in [0.1, 0.15) is 23.7 Å². The summed E-state index contributed by atoms with van der Waals surface area (Å²) in [7, 11) is 1.34. The second kappa shape index (κ2) is 9.65. The molecule has 1 aromatic rings. The quantitative estimate of drug-likeness (QED) is 0.772. The van der Waals surface area contributed by atoms with E-state index in [1.807, 2.05) is 6.07 Å². The fraction of sp³-hybridized carbons (Fsp3) is 0.500. The number of methoxy groups -OCH3 is 1. The van der Waals surface area contributed by atoms with E-state index in [0.29, 0.717) is 51.3 Å². The molecular formula is C18H25N3O5. The van der Waals surface area contributed by atoms with Gasteiger partial charge in [0.05, 0.1) is 19.3 Å². The zero-order valence-electron chi connectivity index (χ0n) is 15.2. The number of nitrogens with one attached hydrogen (secondary N) is 1. The van der Waals surface area contributed by atoms with Gasteiger partial charge in [0.15, 0.2) is 0 Å². The Balaban J connectivity index is 1.74. The molecule has 1 aromatic carbocycles. The van der Waals surface area contributed by atoms with E-state index in [2.05, 4.69) is 10.1 Å². The Bertz CT molecular complexity index is 641. The highest BCUT2D eigenvalue weighted by Gasteiger charge is 2.24. The standard InChI is InChI=1S/C18H25N3O5/c1-3-26-18(24)21-11-9-20(10-12-21)16(22)7-8-19-15-6-4-5-14(13-15)17(23)25-2/h4-6,13,19H,3,7-12H2,1-2H3. The first-order valence-electron chi connectivity index (χ1n) is 8.67. The lowest BCUT2D eigenvalue weighted by Crippen LogP contribution is -2.50. The van der Waals surface area contributed by atoms with Gasteiger partial charge < -0.3 is 24.6 Å². The molecule has 1 aliphatic heterocycles. The minimum atomic E-state index is -0.399. The number of esters is 1. The van der Waals surface area contributed by atoms with Crippen LogP contribution in [0.5, 0.6) is 0 Å². The molecule has 8 heteroatoms. The molecule has 1 fully saturated rings. The maximum atomic E-state index is 12.3. The lowest BCUT2D eigenvalue weighted by molar-refractivity contribution is -0.132. The van der Waals surface area contributed by atoms with Gasteiger partial charge in [0.1, 0.15) is 0 Å². The zero-order valence-corrected chi connectivity index (χ0v) is 15.2. The number of hydrogen-bond acceptors (Lipinski definition) is 6. The fourth-order valence-corrected chi connectivity index (χ4v) is 2.70. The predicted octanol–water partition coefficient (Wildman–Crippen LogP) is 1.58. The first-order chi connectivity index (χ1) is 12.5. The number of nitrogens with zero attached hydrogens (tertiary/aromatic N) is 2. The van der Waals surface area contributed by atoms with Gasteiger partial charge >= 0.3 is 12.1 Å². The molecule has 26 heavy (non-hydrogen) atoms. The van der Waals surface area contributed by atoms with Gasteiger partial charge in [-0.2, -0.15) is 0 Å². The minimum absolute atomic E-state index is 0.0325. The van der Waals surface area contributed by atoms with E-state index in [-0.39, 0.29) is 12.0 Å². The Hall–Kier alpha value is -2.77. The molecule has 0 aromatic heterocycles. The third-order valence-corrected chi connectivity index (χ3v) is 4.11. The molecule has 0 saturated carbocycles. The fourth-order valence-electron chi connectivity index (χ4n) is 2.70. The number of benzene rings is 1. The normalized spacial score (nSPS) is 13.9. The lowest BCUT2D eigenvalue weighted by atomic mass is 10.2. The highest BCUT2D eigenvalue weighted by molar-refractivity contribution is 5.90. The highest BCUT2D eigenvalue weighted by atomic mass is 16.6. The van der Waals surface area contributed by atoms with Gasteiger partial charge in [-0.15, -0.1) is 0 Å². The van der Waals surface area contributed by atoms with Gasteiger partial charge in [-0.3, -0.25) is 4.79 Å². The van der Waals surface area contributed by atoms with Crippen LogP contribution in [0.25, 0.3) is 0 Å². The Labute approximate surface area is 153 Å². The molecule has 2 rings (SSSR count). The molecule has 1 heterocycles. The SMILES string of the molecule is CCOC(=O)N1CCN(C(=O)CCNc2cccc(C(=O)OC)c2)CC1. The minimum Gasteiger partial charge on any atom is -0.465 e. The van der Waals surface area contributed by atoms with E-state index < -0.39 is 5.97 Å². The first kappa shape index (κ1) is 19.6. The van der Waals surface area contributed by atoms with Gasteiger partial charge in [-0.1, -0.05) is 6.07 Å². The topological polar surface area (TPSA) is 88.2 Å². The van der Waals surface area contributed by atoms with E-state index in [1.54, 1.807) is 34.9 Å². The van der Waals surface area contributed by atoms with Crippen molar-refractivity contribution in [2.45, 2.75) is 13.3 Å². The third kappa shape index (κ3) is 5.37.